The Hall–Kier alpha value is -3.11. The fourth-order valence-electron chi connectivity index (χ4n) is 9.10. The number of benzene rings is 3. The molecule has 50 heavy (non-hydrogen) atoms. The highest BCUT2D eigenvalue weighted by Gasteiger charge is 2.57. The van der Waals surface area contributed by atoms with Crippen molar-refractivity contribution >= 4 is 5.91 Å². The van der Waals surface area contributed by atoms with E-state index in [1.165, 1.54) is 28.7 Å². The zero-order valence-electron chi connectivity index (χ0n) is 30.8. The standard InChI is InChI=1S/C42H58N4O4/c1-28-36-22-34(42(36,3)4)23-37(28)43-41(49)40-39(29(2)48)38(27-47)50-46(40)25-31-14-12-13-30(21-31)24-45(20-19-44(5)6)26-33-17-10-11-18-35(33)32-15-8-7-9-16-32/h7-18,21,28-29,34,36-40,47-48H,19-20,22-27H2,1-6H3,(H,43,49)/t28-,29+,34?,36?,37+,38+,39-,40+/m1/s1. The lowest BCUT2D eigenvalue weighted by molar-refractivity contribution is -0.183. The van der Waals surface area contributed by atoms with Crippen molar-refractivity contribution < 1.29 is 19.8 Å². The summed E-state index contributed by atoms with van der Waals surface area (Å²) in [6.45, 7) is 12.2. The van der Waals surface area contributed by atoms with Gasteiger partial charge < -0.3 is 20.4 Å². The summed E-state index contributed by atoms with van der Waals surface area (Å²) in [6.07, 6.45) is 0.745. The van der Waals surface area contributed by atoms with Crippen LogP contribution in [-0.2, 0) is 29.3 Å². The molecule has 0 spiro atoms. The Kier molecular flexibility index (Phi) is 11.5. The topological polar surface area (TPSA) is 88.5 Å². The van der Waals surface area contributed by atoms with E-state index in [9.17, 15) is 15.0 Å². The molecule has 8 atom stereocenters. The summed E-state index contributed by atoms with van der Waals surface area (Å²) < 4.78 is 0. The van der Waals surface area contributed by atoms with E-state index < -0.39 is 24.2 Å². The van der Waals surface area contributed by atoms with Crippen LogP contribution in [0.25, 0.3) is 11.1 Å². The Morgan fingerprint density at radius 1 is 0.980 bits per heavy atom. The number of hydroxylamine groups is 2. The summed E-state index contributed by atoms with van der Waals surface area (Å²) >= 11 is 0. The van der Waals surface area contributed by atoms with Crippen molar-refractivity contribution in [3.63, 3.8) is 0 Å². The van der Waals surface area contributed by atoms with Gasteiger partial charge in [0, 0.05) is 38.1 Å². The molecule has 0 aromatic heterocycles. The monoisotopic (exact) mass is 682 g/mol. The molecular formula is C42H58N4O4. The number of rotatable bonds is 14. The van der Waals surface area contributed by atoms with Gasteiger partial charge in [-0.1, -0.05) is 99.6 Å². The van der Waals surface area contributed by atoms with Gasteiger partial charge in [-0.15, -0.1) is 0 Å². The number of likely N-dealkylation sites (N-methyl/N-ethyl adjacent to an activating group) is 1. The largest absolute Gasteiger partial charge is 0.394 e. The molecule has 2 bridgehead atoms. The van der Waals surface area contributed by atoms with Crippen molar-refractivity contribution in [1.29, 1.82) is 0 Å². The van der Waals surface area contributed by atoms with E-state index in [1.807, 2.05) is 0 Å². The smallest absolute Gasteiger partial charge is 0.240 e. The number of carbonyl (C=O) groups excluding carboxylic acids is 1. The van der Waals surface area contributed by atoms with Gasteiger partial charge in [-0.3, -0.25) is 14.5 Å². The second-order valence-corrected chi connectivity index (χ2v) is 16.1. The predicted octanol–water partition coefficient (Wildman–Crippen LogP) is 5.58. The van der Waals surface area contributed by atoms with Gasteiger partial charge in [-0.25, -0.2) is 0 Å². The zero-order valence-corrected chi connectivity index (χ0v) is 30.8. The van der Waals surface area contributed by atoms with Crippen molar-refractivity contribution in [2.24, 2.45) is 29.1 Å². The van der Waals surface area contributed by atoms with Gasteiger partial charge in [0.15, 0.2) is 0 Å². The molecule has 0 radical (unpaired) electrons. The molecule has 3 saturated carbocycles. The highest BCUT2D eigenvalue weighted by Crippen LogP contribution is 2.61. The van der Waals surface area contributed by atoms with Crippen LogP contribution in [0.1, 0.15) is 57.2 Å². The summed E-state index contributed by atoms with van der Waals surface area (Å²) in [5.41, 5.74) is 6.29. The summed E-state index contributed by atoms with van der Waals surface area (Å²) in [5, 5.41) is 26.2. The first-order valence-electron chi connectivity index (χ1n) is 18.6. The molecule has 8 heteroatoms. The molecule has 3 N–H and O–H groups in total. The Morgan fingerprint density at radius 3 is 2.38 bits per heavy atom. The van der Waals surface area contributed by atoms with Crippen LogP contribution in [0.5, 0.6) is 0 Å². The number of nitrogens with one attached hydrogen (secondary N) is 1. The second-order valence-electron chi connectivity index (χ2n) is 16.1. The number of aliphatic hydroxyl groups excluding tert-OH is 2. The Balaban J connectivity index is 1.19. The lowest BCUT2D eigenvalue weighted by atomic mass is 9.45. The lowest BCUT2D eigenvalue weighted by Gasteiger charge is -2.62. The van der Waals surface area contributed by atoms with Crippen molar-refractivity contribution in [2.45, 2.75) is 84.5 Å². The van der Waals surface area contributed by atoms with Crippen molar-refractivity contribution in [3.05, 3.63) is 95.6 Å². The molecule has 1 heterocycles. The third-order valence-corrected chi connectivity index (χ3v) is 12.2. The zero-order chi connectivity index (χ0) is 35.6. The Bertz CT molecular complexity index is 1580. The van der Waals surface area contributed by atoms with Gasteiger partial charge in [0.05, 0.1) is 19.3 Å². The van der Waals surface area contributed by atoms with E-state index in [1.54, 1.807) is 12.0 Å². The first-order chi connectivity index (χ1) is 24.0. The summed E-state index contributed by atoms with van der Waals surface area (Å²) in [7, 11) is 4.22. The van der Waals surface area contributed by atoms with Crippen molar-refractivity contribution in [1.82, 2.24) is 20.2 Å². The van der Waals surface area contributed by atoms with Crippen LogP contribution in [0.2, 0.25) is 0 Å². The van der Waals surface area contributed by atoms with Gasteiger partial charge in [0.1, 0.15) is 12.1 Å². The molecule has 7 rings (SSSR count). The molecule has 4 aliphatic rings. The molecule has 1 amide bonds. The highest BCUT2D eigenvalue weighted by atomic mass is 16.7. The minimum Gasteiger partial charge on any atom is -0.394 e. The lowest BCUT2D eigenvalue weighted by Crippen LogP contribution is -2.62. The molecular weight excluding hydrogens is 624 g/mol. The van der Waals surface area contributed by atoms with E-state index in [0.29, 0.717) is 29.7 Å². The van der Waals surface area contributed by atoms with E-state index in [-0.39, 0.29) is 18.6 Å². The summed E-state index contributed by atoms with van der Waals surface area (Å²) in [5.74, 6) is 0.951. The van der Waals surface area contributed by atoms with Gasteiger partial charge in [-0.05, 0) is 84.8 Å². The van der Waals surface area contributed by atoms with E-state index in [0.717, 1.165) is 38.2 Å². The minimum absolute atomic E-state index is 0.104. The van der Waals surface area contributed by atoms with Crippen LogP contribution in [-0.4, -0.2) is 89.1 Å². The van der Waals surface area contributed by atoms with Crippen molar-refractivity contribution in [3.8, 4) is 11.1 Å². The maximum absolute atomic E-state index is 14.1. The maximum atomic E-state index is 14.1. The second kappa shape index (κ2) is 15.6. The molecule has 1 saturated heterocycles. The van der Waals surface area contributed by atoms with Gasteiger partial charge in [-0.2, -0.15) is 5.06 Å². The SMILES string of the molecule is C[C@H](O)[C@@H]1[C@H](CO)ON(Cc2cccc(CN(CCN(C)C)Cc3ccccc3-c3ccccc3)c2)[C@@H]1C(=O)N[C@H]1CC2CC([C@H]1C)C2(C)C. The molecule has 3 aliphatic carbocycles. The number of nitrogens with zero attached hydrogens (tertiary/aromatic N) is 3. The maximum Gasteiger partial charge on any atom is 0.240 e. The Morgan fingerprint density at radius 2 is 1.70 bits per heavy atom. The number of carbonyl (C=O) groups is 1. The quantitative estimate of drug-likeness (QED) is 0.205. The molecule has 3 aromatic carbocycles. The van der Waals surface area contributed by atoms with Crippen LogP contribution >= 0.6 is 0 Å². The molecule has 2 unspecified atom stereocenters. The number of amides is 1. The first kappa shape index (κ1) is 36.7. The van der Waals surface area contributed by atoms with Crippen LogP contribution in [0, 0.1) is 29.1 Å². The van der Waals surface area contributed by atoms with E-state index in [2.05, 4.69) is 129 Å². The Labute approximate surface area is 299 Å². The summed E-state index contributed by atoms with van der Waals surface area (Å²) in [4.78, 5) is 25.1. The number of fused-ring (bicyclic) bond motifs is 2. The third-order valence-electron chi connectivity index (χ3n) is 12.2. The van der Waals surface area contributed by atoms with E-state index in [4.69, 9.17) is 4.84 Å². The number of hydrogen-bond donors (Lipinski definition) is 3. The van der Waals surface area contributed by atoms with Gasteiger partial charge in [0.25, 0.3) is 0 Å². The summed E-state index contributed by atoms with van der Waals surface area (Å²) in [6, 6.07) is 27.1. The van der Waals surface area contributed by atoms with Gasteiger partial charge >= 0.3 is 0 Å². The minimum atomic E-state index is -0.820. The molecule has 270 valence electrons. The van der Waals surface area contributed by atoms with Crippen molar-refractivity contribution in [2.75, 3.05) is 33.8 Å². The predicted molar refractivity (Wildman–Crippen MR) is 199 cm³/mol. The number of aliphatic hydroxyl groups is 2. The van der Waals surface area contributed by atoms with Gasteiger partial charge in [0.2, 0.25) is 5.91 Å². The van der Waals surface area contributed by atoms with E-state index >= 15 is 0 Å². The highest BCUT2D eigenvalue weighted by molar-refractivity contribution is 5.83. The first-order valence-corrected chi connectivity index (χ1v) is 18.6. The molecule has 4 fully saturated rings. The molecule has 3 aromatic rings. The van der Waals surface area contributed by atoms with Crippen LogP contribution < -0.4 is 5.32 Å². The number of hydrogen-bond acceptors (Lipinski definition) is 7. The van der Waals surface area contributed by atoms with Crippen LogP contribution in [0.3, 0.4) is 0 Å². The van der Waals surface area contributed by atoms with Crippen LogP contribution in [0.15, 0.2) is 78.9 Å². The average Bonchev–Trinajstić information content (AvgIpc) is 3.47. The molecule has 1 aliphatic heterocycles. The fraction of sp³-hybridized carbons (Fsp3) is 0.548. The average molecular weight is 683 g/mol. The fourth-order valence-corrected chi connectivity index (χ4v) is 9.10. The van der Waals surface area contributed by atoms with Crippen LogP contribution in [0.4, 0.5) is 0 Å². The third kappa shape index (κ3) is 7.86. The molecule has 8 nitrogen and oxygen atoms in total. The normalized spacial score (nSPS) is 28.1.